The fourth-order valence-corrected chi connectivity index (χ4v) is 4.36. The number of aromatic nitrogens is 2. The Labute approximate surface area is 180 Å². The van der Waals surface area contributed by atoms with Gasteiger partial charge in [-0.1, -0.05) is 36.4 Å². The number of H-pyrrole nitrogens is 2. The highest BCUT2D eigenvalue weighted by molar-refractivity contribution is 6.45. The minimum Gasteiger partial charge on any atom is -0.361 e. The number of nitrogens with one attached hydrogen (secondary N) is 2. The average molecular weight is 412 g/mol. The molecule has 2 aromatic carbocycles. The molecule has 5 rings (SSSR count). The van der Waals surface area contributed by atoms with Crippen LogP contribution < -0.4 is 4.90 Å². The third-order valence-corrected chi connectivity index (χ3v) is 5.81. The monoisotopic (exact) mass is 412 g/mol. The zero-order valence-corrected chi connectivity index (χ0v) is 17.6. The van der Waals surface area contributed by atoms with E-state index < -0.39 is 0 Å². The SMILES string of the molecule is CN(C)CCCc1[nH]c2ccccc2c1N1C(=O)C=C(c2c[nH]c3ccccc23)C1=O. The largest absolute Gasteiger partial charge is 0.361 e. The molecule has 0 atom stereocenters. The fourth-order valence-electron chi connectivity index (χ4n) is 4.36. The molecule has 1 aliphatic rings. The first-order valence-electron chi connectivity index (χ1n) is 10.5. The van der Waals surface area contributed by atoms with Crippen LogP contribution in [0.25, 0.3) is 27.4 Å². The molecule has 0 radical (unpaired) electrons. The lowest BCUT2D eigenvalue weighted by molar-refractivity contribution is -0.119. The van der Waals surface area contributed by atoms with Crippen molar-refractivity contribution in [2.24, 2.45) is 0 Å². The summed E-state index contributed by atoms with van der Waals surface area (Å²) in [5, 5.41) is 1.82. The second-order valence-electron chi connectivity index (χ2n) is 8.19. The molecule has 3 heterocycles. The number of amides is 2. The zero-order chi connectivity index (χ0) is 21.5. The first kappa shape index (κ1) is 19.3. The highest BCUT2D eigenvalue weighted by Crippen LogP contribution is 2.38. The van der Waals surface area contributed by atoms with E-state index in [0.717, 1.165) is 52.4 Å². The first-order chi connectivity index (χ1) is 15.0. The van der Waals surface area contributed by atoms with Gasteiger partial charge in [-0.3, -0.25) is 9.59 Å². The standard InChI is InChI=1S/C25H24N4O2/c1-28(2)13-7-12-22-24(17-9-4-6-11-21(17)27-22)29-23(30)14-18(25(29)31)19-15-26-20-10-5-3-8-16(19)20/h3-6,8-11,14-15,26-27H,7,12-13H2,1-2H3. The number of aromatic amines is 2. The summed E-state index contributed by atoms with van der Waals surface area (Å²) in [5.74, 6) is -0.586. The Morgan fingerprint density at radius 3 is 2.42 bits per heavy atom. The number of aryl methyl sites for hydroxylation is 1. The molecular weight excluding hydrogens is 388 g/mol. The molecule has 6 heteroatoms. The Hall–Kier alpha value is -3.64. The molecule has 6 nitrogen and oxygen atoms in total. The number of anilines is 1. The third-order valence-electron chi connectivity index (χ3n) is 5.81. The Kier molecular flexibility index (Phi) is 4.71. The number of imide groups is 1. The van der Waals surface area contributed by atoms with Gasteiger partial charge in [0.1, 0.15) is 0 Å². The van der Waals surface area contributed by atoms with Crippen molar-refractivity contribution >= 4 is 44.9 Å². The summed E-state index contributed by atoms with van der Waals surface area (Å²) in [4.78, 5) is 36.7. The van der Waals surface area contributed by atoms with Crippen LogP contribution in [0, 0.1) is 0 Å². The van der Waals surface area contributed by atoms with Crippen LogP contribution in [-0.4, -0.2) is 47.3 Å². The second kappa shape index (κ2) is 7.56. The van der Waals surface area contributed by atoms with Crippen molar-refractivity contribution in [2.75, 3.05) is 25.5 Å². The normalized spacial score (nSPS) is 14.4. The van der Waals surface area contributed by atoms with Gasteiger partial charge in [0, 0.05) is 45.3 Å². The summed E-state index contributed by atoms with van der Waals surface area (Å²) < 4.78 is 0. The van der Waals surface area contributed by atoms with Gasteiger partial charge in [0.15, 0.2) is 0 Å². The average Bonchev–Trinajstić information content (AvgIpc) is 3.41. The van der Waals surface area contributed by atoms with Crippen molar-refractivity contribution < 1.29 is 9.59 Å². The van der Waals surface area contributed by atoms with E-state index in [4.69, 9.17) is 0 Å². The number of nitrogens with zero attached hydrogens (tertiary/aromatic N) is 2. The molecule has 0 unspecified atom stereocenters. The van der Waals surface area contributed by atoms with Crippen LogP contribution in [-0.2, 0) is 16.0 Å². The van der Waals surface area contributed by atoms with E-state index in [1.807, 2.05) is 62.6 Å². The first-order valence-corrected chi connectivity index (χ1v) is 10.5. The van der Waals surface area contributed by atoms with Gasteiger partial charge in [-0.05, 0) is 45.6 Å². The van der Waals surface area contributed by atoms with Crippen molar-refractivity contribution in [2.45, 2.75) is 12.8 Å². The second-order valence-corrected chi connectivity index (χ2v) is 8.19. The number of hydrogen-bond acceptors (Lipinski definition) is 3. The lowest BCUT2D eigenvalue weighted by Crippen LogP contribution is -2.31. The highest BCUT2D eigenvalue weighted by Gasteiger charge is 2.36. The molecule has 156 valence electrons. The maximum atomic E-state index is 13.5. The van der Waals surface area contributed by atoms with Crippen molar-refractivity contribution in [1.29, 1.82) is 0 Å². The Morgan fingerprint density at radius 2 is 1.65 bits per heavy atom. The summed E-state index contributed by atoms with van der Waals surface area (Å²) in [7, 11) is 4.08. The van der Waals surface area contributed by atoms with Gasteiger partial charge in [-0.15, -0.1) is 0 Å². The number of para-hydroxylation sites is 2. The molecule has 2 aromatic heterocycles. The summed E-state index contributed by atoms with van der Waals surface area (Å²) in [6, 6.07) is 15.6. The fraction of sp³-hybridized carbons (Fsp3) is 0.200. The van der Waals surface area contributed by atoms with Crippen LogP contribution in [0.5, 0.6) is 0 Å². The van der Waals surface area contributed by atoms with E-state index in [2.05, 4.69) is 14.9 Å². The van der Waals surface area contributed by atoms with Crippen LogP contribution in [0.15, 0.2) is 60.8 Å². The molecule has 0 spiro atoms. The summed E-state index contributed by atoms with van der Waals surface area (Å²) in [5.41, 5.74) is 4.64. The van der Waals surface area contributed by atoms with E-state index in [0.29, 0.717) is 11.3 Å². The third kappa shape index (κ3) is 3.25. The Morgan fingerprint density at radius 1 is 0.935 bits per heavy atom. The van der Waals surface area contributed by atoms with Gasteiger partial charge in [-0.2, -0.15) is 0 Å². The van der Waals surface area contributed by atoms with E-state index in [-0.39, 0.29) is 11.8 Å². The quantitative estimate of drug-likeness (QED) is 0.469. The molecule has 31 heavy (non-hydrogen) atoms. The van der Waals surface area contributed by atoms with Gasteiger partial charge < -0.3 is 14.9 Å². The maximum absolute atomic E-state index is 13.5. The van der Waals surface area contributed by atoms with E-state index in [9.17, 15) is 9.59 Å². The number of rotatable bonds is 6. The Bertz CT molecular complexity index is 1340. The van der Waals surface area contributed by atoms with Crippen molar-refractivity contribution in [3.8, 4) is 0 Å². The highest BCUT2D eigenvalue weighted by atomic mass is 16.2. The molecular formula is C25H24N4O2. The van der Waals surface area contributed by atoms with Crippen LogP contribution in [0.1, 0.15) is 17.7 Å². The molecule has 1 aliphatic heterocycles. The molecule has 4 aromatic rings. The number of hydrogen-bond donors (Lipinski definition) is 2. The smallest absolute Gasteiger partial charge is 0.266 e. The number of carbonyl (C=O) groups is 2. The van der Waals surface area contributed by atoms with Crippen molar-refractivity contribution in [1.82, 2.24) is 14.9 Å². The predicted octanol–water partition coefficient (Wildman–Crippen LogP) is 4.10. The lowest BCUT2D eigenvalue weighted by atomic mass is 10.1. The summed E-state index contributed by atoms with van der Waals surface area (Å²) >= 11 is 0. The lowest BCUT2D eigenvalue weighted by Gasteiger charge is -2.17. The minimum atomic E-state index is -0.302. The topological polar surface area (TPSA) is 72.2 Å². The Balaban J connectivity index is 1.56. The molecule has 0 bridgehead atoms. The zero-order valence-electron chi connectivity index (χ0n) is 17.6. The van der Waals surface area contributed by atoms with Crippen LogP contribution >= 0.6 is 0 Å². The van der Waals surface area contributed by atoms with Crippen molar-refractivity contribution in [3.05, 3.63) is 72.1 Å². The van der Waals surface area contributed by atoms with Crippen LogP contribution in [0.2, 0.25) is 0 Å². The van der Waals surface area contributed by atoms with Crippen molar-refractivity contribution in [3.63, 3.8) is 0 Å². The van der Waals surface area contributed by atoms with Crippen LogP contribution in [0.3, 0.4) is 0 Å². The predicted molar refractivity (Wildman–Crippen MR) is 124 cm³/mol. The van der Waals surface area contributed by atoms with Gasteiger partial charge in [0.05, 0.1) is 11.3 Å². The van der Waals surface area contributed by atoms with Gasteiger partial charge >= 0.3 is 0 Å². The molecule has 0 aliphatic carbocycles. The van der Waals surface area contributed by atoms with E-state index in [1.54, 1.807) is 6.20 Å². The number of carbonyl (C=O) groups excluding carboxylic acids is 2. The van der Waals surface area contributed by atoms with E-state index >= 15 is 0 Å². The molecule has 0 fully saturated rings. The van der Waals surface area contributed by atoms with Crippen LogP contribution in [0.4, 0.5) is 5.69 Å². The van der Waals surface area contributed by atoms with Gasteiger partial charge in [0.25, 0.3) is 11.8 Å². The van der Waals surface area contributed by atoms with Gasteiger partial charge in [0.2, 0.25) is 0 Å². The maximum Gasteiger partial charge on any atom is 0.266 e. The van der Waals surface area contributed by atoms with Gasteiger partial charge in [-0.25, -0.2) is 4.90 Å². The molecule has 2 N–H and O–H groups in total. The number of fused-ring (bicyclic) bond motifs is 2. The molecule has 0 saturated carbocycles. The number of benzene rings is 2. The molecule has 0 saturated heterocycles. The molecule has 2 amide bonds. The van der Waals surface area contributed by atoms with E-state index in [1.165, 1.54) is 11.0 Å². The summed E-state index contributed by atoms with van der Waals surface area (Å²) in [6.45, 7) is 0.926. The minimum absolute atomic E-state index is 0.284. The summed E-state index contributed by atoms with van der Waals surface area (Å²) in [6.07, 6.45) is 4.94.